The van der Waals surface area contributed by atoms with Crippen LogP contribution in [0.4, 0.5) is 0 Å². The van der Waals surface area contributed by atoms with Crippen molar-refractivity contribution in [1.29, 1.82) is 0 Å². The molecular weight excluding hydrogens is 454 g/mol. The van der Waals surface area contributed by atoms with Crippen molar-refractivity contribution in [3.63, 3.8) is 0 Å². The molecule has 0 amide bonds. The van der Waals surface area contributed by atoms with Crippen LogP contribution in [0.2, 0.25) is 0 Å². The molecule has 4 aliphatic carbocycles. The topological polar surface area (TPSA) is 88.8 Å². The van der Waals surface area contributed by atoms with Gasteiger partial charge >= 0.3 is 11.6 Å². The maximum absolute atomic E-state index is 12.8. The van der Waals surface area contributed by atoms with E-state index in [-0.39, 0.29) is 41.8 Å². The molecule has 0 aromatic carbocycles. The third-order valence-electron chi connectivity index (χ3n) is 11.2. The Labute approximate surface area is 213 Å². The van der Waals surface area contributed by atoms with Gasteiger partial charge in [-0.15, -0.1) is 0 Å². The highest BCUT2D eigenvalue weighted by atomic mass is 16.5. The first-order valence-corrected chi connectivity index (χ1v) is 14.2. The monoisotopic (exact) mass is 495 g/mol. The number of esters is 1. The van der Waals surface area contributed by atoms with Crippen LogP contribution < -0.4 is 10.9 Å². The van der Waals surface area contributed by atoms with E-state index in [1.54, 1.807) is 17.9 Å². The molecule has 2 heterocycles. The number of hydrogen-bond donors (Lipinski definition) is 2. The Kier molecular flexibility index (Phi) is 6.19. The summed E-state index contributed by atoms with van der Waals surface area (Å²) in [5.74, 6) is 2.22. The first-order chi connectivity index (χ1) is 17.3. The van der Waals surface area contributed by atoms with Crippen LogP contribution in [0.5, 0.6) is 0 Å². The van der Waals surface area contributed by atoms with Gasteiger partial charge in [0.25, 0.3) is 0 Å². The zero-order valence-corrected chi connectivity index (χ0v) is 21.7. The number of ether oxygens (including phenoxy) is 1. The fourth-order valence-corrected chi connectivity index (χ4v) is 9.12. The Balaban J connectivity index is 1.13. The van der Waals surface area contributed by atoms with Crippen molar-refractivity contribution in [3.8, 4) is 0 Å². The molecule has 2 unspecified atom stereocenters. The number of nitrogens with one attached hydrogen (secondary N) is 1. The van der Waals surface area contributed by atoms with Gasteiger partial charge in [-0.25, -0.2) is 4.79 Å². The highest BCUT2D eigenvalue weighted by molar-refractivity contribution is 5.76. The van der Waals surface area contributed by atoms with E-state index < -0.39 is 0 Å². The minimum atomic E-state index is -0.278. The van der Waals surface area contributed by atoms with Crippen molar-refractivity contribution in [2.45, 2.75) is 102 Å². The molecule has 1 aliphatic heterocycles. The predicted octanol–water partition coefficient (Wildman–Crippen LogP) is 4.71. The summed E-state index contributed by atoms with van der Waals surface area (Å²) in [5, 5.41) is 12.6. The Bertz CT molecular complexity index is 1070. The summed E-state index contributed by atoms with van der Waals surface area (Å²) in [6.07, 6.45) is 14.8. The molecule has 1 aromatic heterocycles. The first kappa shape index (κ1) is 24.4. The van der Waals surface area contributed by atoms with Gasteiger partial charge in [0.1, 0.15) is 12.1 Å². The Hall–Kier alpha value is -1.92. The maximum Gasteiger partial charge on any atom is 0.335 e. The second-order valence-corrected chi connectivity index (χ2v) is 12.8. The second-order valence-electron chi connectivity index (χ2n) is 12.8. The smallest absolute Gasteiger partial charge is 0.335 e. The van der Waals surface area contributed by atoms with E-state index in [4.69, 9.17) is 9.15 Å². The molecule has 6 nitrogen and oxygen atoms in total. The highest BCUT2D eigenvalue weighted by Crippen LogP contribution is 2.67. The number of aliphatic hydroxyl groups is 1. The lowest BCUT2D eigenvalue weighted by Gasteiger charge is -2.59. The van der Waals surface area contributed by atoms with Crippen molar-refractivity contribution in [1.82, 2.24) is 5.32 Å². The SMILES string of the molecule is C[C@]12CC[C@H]3[C@@H](CCC4C[C@@H](OC(=O)C5CC[C@H](CO)N5)CC[C@@]43C)C1=CC[C@@H]2c1ccc(=O)oc1. The quantitative estimate of drug-likeness (QED) is 0.465. The van der Waals surface area contributed by atoms with Crippen LogP contribution in [0.15, 0.2) is 39.3 Å². The van der Waals surface area contributed by atoms with Crippen LogP contribution in [-0.4, -0.2) is 35.9 Å². The molecule has 0 radical (unpaired) electrons. The highest BCUT2D eigenvalue weighted by Gasteiger charge is 2.58. The molecular formula is C30H41NO5. The molecule has 196 valence electrons. The van der Waals surface area contributed by atoms with Gasteiger partial charge in [-0.05, 0) is 110 Å². The summed E-state index contributed by atoms with van der Waals surface area (Å²) in [6.45, 7) is 5.05. The van der Waals surface area contributed by atoms with Crippen LogP contribution >= 0.6 is 0 Å². The summed E-state index contributed by atoms with van der Waals surface area (Å²) in [6, 6.07) is 3.29. The van der Waals surface area contributed by atoms with Crippen LogP contribution in [0.3, 0.4) is 0 Å². The van der Waals surface area contributed by atoms with E-state index in [9.17, 15) is 14.7 Å². The van der Waals surface area contributed by atoms with E-state index in [1.807, 2.05) is 6.07 Å². The summed E-state index contributed by atoms with van der Waals surface area (Å²) >= 11 is 0. The van der Waals surface area contributed by atoms with Gasteiger partial charge in [0.15, 0.2) is 0 Å². The molecule has 6 rings (SSSR count). The summed E-state index contributed by atoms with van der Waals surface area (Å²) < 4.78 is 11.3. The molecule has 0 bridgehead atoms. The number of rotatable bonds is 4. The van der Waals surface area contributed by atoms with Crippen LogP contribution in [-0.2, 0) is 9.53 Å². The molecule has 0 spiro atoms. The van der Waals surface area contributed by atoms with E-state index in [0.717, 1.165) is 44.1 Å². The lowest BCUT2D eigenvalue weighted by molar-refractivity contribution is -0.159. The number of aliphatic hydroxyl groups excluding tert-OH is 1. The third-order valence-corrected chi connectivity index (χ3v) is 11.2. The molecule has 4 fully saturated rings. The molecule has 6 heteroatoms. The summed E-state index contributed by atoms with van der Waals surface area (Å²) in [5.41, 5.74) is 3.00. The van der Waals surface area contributed by atoms with Crippen LogP contribution in [0.1, 0.15) is 89.5 Å². The van der Waals surface area contributed by atoms with E-state index in [2.05, 4.69) is 25.2 Å². The molecule has 3 saturated carbocycles. The van der Waals surface area contributed by atoms with E-state index in [0.29, 0.717) is 29.1 Å². The predicted molar refractivity (Wildman–Crippen MR) is 136 cm³/mol. The molecule has 2 N–H and O–H groups in total. The Morgan fingerprint density at radius 1 is 1.14 bits per heavy atom. The molecule has 36 heavy (non-hydrogen) atoms. The van der Waals surface area contributed by atoms with Crippen molar-refractivity contribution in [3.05, 3.63) is 46.0 Å². The van der Waals surface area contributed by atoms with E-state index in [1.165, 1.54) is 25.7 Å². The number of carbonyl (C=O) groups excluding carboxylic acids is 1. The molecule has 9 atom stereocenters. The first-order valence-electron chi connectivity index (χ1n) is 14.2. The third kappa shape index (κ3) is 3.91. The van der Waals surface area contributed by atoms with E-state index >= 15 is 0 Å². The lowest BCUT2D eigenvalue weighted by atomic mass is 9.46. The minimum Gasteiger partial charge on any atom is -0.461 e. The van der Waals surface area contributed by atoms with Crippen molar-refractivity contribution in [2.75, 3.05) is 6.61 Å². The fraction of sp³-hybridized carbons (Fsp3) is 0.733. The molecule has 1 aromatic rings. The van der Waals surface area contributed by atoms with Gasteiger partial charge in [0.05, 0.1) is 12.9 Å². The molecule has 1 saturated heterocycles. The standard InChI is InChI=1S/C30H41NO5/c1-29-13-11-21(36-28(34)26-9-5-20(16-32)31-26)15-19(29)4-6-22-24-8-7-23(18-3-10-27(33)35-17-18)30(24,2)14-12-25(22)29/h3,8,10,17,19-23,25-26,31-32H,4-7,9,11-16H2,1-2H3/t19?,20-,21+,22+,23-,25+,26?,29+,30-/m1/s1. The van der Waals surface area contributed by atoms with Crippen molar-refractivity contribution < 1.29 is 19.1 Å². The average Bonchev–Trinajstić information content (AvgIpc) is 3.49. The second kappa shape index (κ2) is 9.13. The number of fused-ring (bicyclic) bond motifs is 5. The minimum absolute atomic E-state index is 0.0226. The molecule has 5 aliphatic rings. The summed E-state index contributed by atoms with van der Waals surface area (Å²) in [4.78, 5) is 24.3. The van der Waals surface area contributed by atoms with Crippen LogP contribution in [0, 0.1) is 28.6 Å². The summed E-state index contributed by atoms with van der Waals surface area (Å²) in [7, 11) is 0. The van der Waals surface area contributed by atoms with Crippen molar-refractivity contribution in [2.24, 2.45) is 28.6 Å². The van der Waals surface area contributed by atoms with Gasteiger partial charge in [0.2, 0.25) is 0 Å². The Morgan fingerprint density at radius 3 is 2.75 bits per heavy atom. The van der Waals surface area contributed by atoms with Gasteiger partial charge in [-0.3, -0.25) is 10.1 Å². The number of allylic oxidation sites excluding steroid dienone is 2. The van der Waals surface area contributed by atoms with Gasteiger partial charge < -0.3 is 14.3 Å². The fourth-order valence-electron chi connectivity index (χ4n) is 9.12. The zero-order valence-electron chi connectivity index (χ0n) is 21.7. The number of carbonyl (C=O) groups is 1. The number of hydrogen-bond acceptors (Lipinski definition) is 6. The Morgan fingerprint density at radius 2 is 2.00 bits per heavy atom. The lowest BCUT2D eigenvalue weighted by Crippen LogP contribution is -2.52. The average molecular weight is 496 g/mol. The van der Waals surface area contributed by atoms with Gasteiger partial charge in [-0.2, -0.15) is 0 Å². The van der Waals surface area contributed by atoms with Crippen LogP contribution in [0.25, 0.3) is 0 Å². The maximum atomic E-state index is 12.8. The normalized spacial score (nSPS) is 43.8. The zero-order chi connectivity index (χ0) is 25.1. The van der Waals surface area contributed by atoms with Gasteiger partial charge in [-0.1, -0.05) is 25.5 Å². The largest absolute Gasteiger partial charge is 0.461 e. The van der Waals surface area contributed by atoms with Crippen molar-refractivity contribution >= 4 is 5.97 Å². The van der Waals surface area contributed by atoms with Gasteiger partial charge in [0, 0.05) is 12.1 Å².